The number of likely N-dealkylation sites (tertiary alicyclic amines) is 1. The van der Waals surface area contributed by atoms with Gasteiger partial charge in [-0.1, -0.05) is 19.1 Å². The lowest BCUT2D eigenvalue weighted by molar-refractivity contribution is 0.0908. The van der Waals surface area contributed by atoms with E-state index >= 15 is 0 Å². The molecule has 104 valence electrons. The van der Waals surface area contributed by atoms with E-state index in [1.165, 1.54) is 0 Å². The number of aryl methyl sites for hydroxylation is 1. The predicted octanol–water partition coefficient (Wildman–Crippen LogP) is 2.35. The van der Waals surface area contributed by atoms with Crippen LogP contribution in [-0.4, -0.2) is 36.5 Å². The molecule has 0 aromatic heterocycles. The van der Waals surface area contributed by atoms with Gasteiger partial charge in [-0.05, 0) is 37.9 Å². The van der Waals surface area contributed by atoms with Gasteiger partial charge in [-0.25, -0.2) is 4.39 Å². The Bertz CT molecular complexity index is 453. The number of rotatable bonds is 3. The first kappa shape index (κ1) is 14.0. The van der Waals surface area contributed by atoms with Crippen LogP contribution < -0.4 is 5.32 Å². The maximum absolute atomic E-state index is 13.9. The number of hydrogen-bond donors (Lipinski definition) is 1. The van der Waals surface area contributed by atoms with Crippen LogP contribution >= 0.6 is 0 Å². The molecule has 2 rings (SSSR count). The van der Waals surface area contributed by atoms with E-state index < -0.39 is 5.82 Å². The topological polar surface area (TPSA) is 32.3 Å². The van der Waals surface area contributed by atoms with Gasteiger partial charge in [-0.2, -0.15) is 0 Å². The molecule has 1 heterocycles. The summed E-state index contributed by atoms with van der Waals surface area (Å²) in [5.74, 6) is -0.706. The number of nitrogens with zero attached hydrogens (tertiary/aromatic N) is 1. The molecule has 0 bridgehead atoms. The molecular weight excluding hydrogens is 243 g/mol. The molecule has 1 amide bonds. The lowest BCUT2D eigenvalue weighted by atomic mass is 10.0. The largest absolute Gasteiger partial charge is 0.349 e. The smallest absolute Gasteiger partial charge is 0.254 e. The molecule has 1 aliphatic heterocycles. The van der Waals surface area contributed by atoms with Gasteiger partial charge < -0.3 is 10.2 Å². The summed E-state index contributed by atoms with van der Waals surface area (Å²) in [5, 5.41) is 2.94. The van der Waals surface area contributed by atoms with E-state index in [1.54, 1.807) is 25.1 Å². The molecule has 0 spiro atoms. The van der Waals surface area contributed by atoms with E-state index in [0.717, 1.165) is 32.5 Å². The highest BCUT2D eigenvalue weighted by molar-refractivity contribution is 5.94. The van der Waals surface area contributed by atoms with Crippen LogP contribution in [0.25, 0.3) is 0 Å². The number of carbonyl (C=O) groups is 1. The van der Waals surface area contributed by atoms with Gasteiger partial charge in [-0.15, -0.1) is 0 Å². The van der Waals surface area contributed by atoms with Gasteiger partial charge in [0.25, 0.3) is 5.91 Å². The third-order valence-corrected chi connectivity index (χ3v) is 3.81. The van der Waals surface area contributed by atoms with Crippen molar-refractivity contribution < 1.29 is 9.18 Å². The molecule has 1 fully saturated rings. The van der Waals surface area contributed by atoms with Crippen molar-refractivity contribution in [3.05, 3.63) is 35.1 Å². The van der Waals surface area contributed by atoms with Crippen LogP contribution in [0.15, 0.2) is 18.2 Å². The average molecular weight is 264 g/mol. The molecule has 1 aliphatic rings. The fourth-order valence-electron chi connectivity index (χ4n) is 2.48. The van der Waals surface area contributed by atoms with Crippen molar-refractivity contribution in [1.82, 2.24) is 10.2 Å². The van der Waals surface area contributed by atoms with E-state index in [9.17, 15) is 9.18 Å². The first-order chi connectivity index (χ1) is 9.11. The highest BCUT2D eigenvalue weighted by Crippen LogP contribution is 2.14. The molecule has 1 aromatic carbocycles. The maximum Gasteiger partial charge on any atom is 0.254 e. The van der Waals surface area contributed by atoms with Gasteiger partial charge in [0.05, 0.1) is 5.56 Å². The summed E-state index contributed by atoms with van der Waals surface area (Å²) < 4.78 is 13.9. The molecule has 0 saturated carbocycles. The van der Waals surface area contributed by atoms with Crippen LogP contribution in [0.4, 0.5) is 4.39 Å². The van der Waals surface area contributed by atoms with Crippen molar-refractivity contribution in [1.29, 1.82) is 0 Å². The molecule has 1 N–H and O–H groups in total. The fraction of sp³-hybridized carbons (Fsp3) is 0.533. The molecule has 0 radical (unpaired) electrons. The van der Waals surface area contributed by atoms with E-state index in [2.05, 4.69) is 17.1 Å². The Morgan fingerprint density at radius 3 is 2.74 bits per heavy atom. The Hall–Kier alpha value is -1.42. The summed E-state index contributed by atoms with van der Waals surface area (Å²) in [4.78, 5) is 14.4. The number of nitrogens with one attached hydrogen (secondary N) is 1. The van der Waals surface area contributed by atoms with Crippen molar-refractivity contribution in [3.63, 3.8) is 0 Å². The first-order valence-corrected chi connectivity index (χ1v) is 6.90. The Morgan fingerprint density at radius 2 is 2.11 bits per heavy atom. The zero-order valence-corrected chi connectivity index (χ0v) is 11.6. The number of carbonyl (C=O) groups excluding carboxylic acids is 1. The van der Waals surface area contributed by atoms with Crippen molar-refractivity contribution in [2.75, 3.05) is 19.6 Å². The van der Waals surface area contributed by atoms with Crippen LogP contribution in [-0.2, 0) is 0 Å². The van der Waals surface area contributed by atoms with Crippen molar-refractivity contribution in [2.45, 2.75) is 32.7 Å². The van der Waals surface area contributed by atoms with Gasteiger partial charge in [0.1, 0.15) is 5.82 Å². The third kappa shape index (κ3) is 3.32. The monoisotopic (exact) mass is 264 g/mol. The summed E-state index contributed by atoms with van der Waals surface area (Å²) >= 11 is 0. The van der Waals surface area contributed by atoms with E-state index in [0.29, 0.717) is 5.56 Å². The minimum atomic E-state index is -0.411. The van der Waals surface area contributed by atoms with Crippen LogP contribution in [0.1, 0.15) is 35.7 Å². The van der Waals surface area contributed by atoms with Gasteiger partial charge in [0.2, 0.25) is 0 Å². The molecule has 0 unspecified atom stereocenters. The van der Waals surface area contributed by atoms with Crippen LogP contribution in [0.5, 0.6) is 0 Å². The van der Waals surface area contributed by atoms with Crippen molar-refractivity contribution >= 4 is 5.91 Å². The van der Waals surface area contributed by atoms with Crippen LogP contribution in [0.3, 0.4) is 0 Å². The molecule has 3 nitrogen and oxygen atoms in total. The van der Waals surface area contributed by atoms with Gasteiger partial charge in [0.15, 0.2) is 0 Å². The summed E-state index contributed by atoms with van der Waals surface area (Å²) in [6.45, 7) is 6.86. The molecule has 0 atom stereocenters. The Balaban J connectivity index is 1.96. The number of amides is 1. The Kier molecular flexibility index (Phi) is 4.53. The number of hydrogen-bond acceptors (Lipinski definition) is 2. The lowest BCUT2D eigenvalue weighted by Crippen LogP contribution is -2.44. The second-order valence-corrected chi connectivity index (χ2v) is 5.12. The van der Waals surface area contributed by atoms with Crippen LogP contribution in [0.2, 0.25) is 0 Å². The second kappa shape index (κ2) is 6.15. The van der Waals surface area contributed by atoms with Crippen molar-refractivity contribution in [2.24, 2.45) is 0 Å². The second-order valence-electron chi connectivity index (χ2n) is 5.12. The maximum atomic E-state index is 13.9. The summed E-state index contributed by atoms with van der Waals surface area (Å²) in [6, 6.07) is 5.09. The van der Waals surface area contributed by atoms with Gasteiger partial charge >= 0.3 is 0 Å². The van der Waals surface area contributed by atoms with E-state index in [-0.39, 0.29) is 17.5 Å². The Labute approximate surface area is 113 Å². The average Bonchev–Trinajstić information content (AvgIpc) is 2.42. The molecule has 1 saturated heterocycles. The van der Waals surface area contributed by atoms with E-state index in [1.807, 2.05) is 0 Å². The minimum absolute atomic E-state index is 0.151. The molecule has 1 aromatic rings. The number of halogens is 1. The summed E-state index contributed by atoms with van der Waals surface area (Å²) in [6.07, 6.45) is 1.88. The van der Waals surface area contributed by atoms with Gasteiger partial charge in [0, 0.05) is 19.1 Å². The summed E-state index contributed by atoms with van der Waals surface area (Å²) in [7, 11) is 0. The quantitative estimate of drug-likeness (QED) is 0.909. The first-order valence-electron chi connectivity index (χ1n) is 6.90. The number of benzene rings is 1. The zero-order valence-electron chi connectivity index (χ0n) is 11.6. The van der Waals surface area contributed by atoms with Gasteiger partial charge in [-0.3, -0.25) is 4.79 Å². The fourth-order valence-corrected chi connectivity index (χ4v) is 2.48. The highest BCUT2D eigenvalue weighted by Gasteiger charge is 2.21. The lowest BCUT2D eigenvalue weighted by Gasteiger charge is -2.31. The standard InChI is InChI=1S/C15H21FN2O/c1-3-18-9-7-12(8-10-18)17-15(19)13-6-4-5-11(2)14(13)16/h4-6,12H,3,7-10H2,1-2H3,(H,17,19). The SMILES string of the molecule is CCN1CCC(NC(=O)c2cccc(C)c2F)CC1. The summed E-state index contributed by atoms with van der Waals surface area (Å²) in [5.41, 5.74) is 0.659. The minimum Gasteiger partial charge on any atom is -0.349 e. The molecule has 19 heavy (non-hydrogen) atoms. The molecular formula is C15H21FN2O. The van der Waals surface area contributed by atoms with E-state index in [4.69, 9.17) is 0 Å². The number of piperidine rings is 1. The normalized spacial score (nSPS) is 17.4. The van der Waals surface area contributed by atoms with Crippen LogP contribution in [0, 0.1) is 12.7 Å². The molecule has 0 aliphatic carbocycles. The Morgan fingerprint density at radius 1 is 1.42 bits per heavy atom. The third-order valence-electron chi connectivity index (χ3n) is 3.81. The predicted molar refractivity (Wildman–Crippen MR) is 73.7 cm³/mol. The zero-order chi connectivity index (χ0) is 13.8. The highest BCUT2D eigenvalue weighted by atomic mass is 19.1. The van der Waals surface area contributed by atoms with Crippen molar-refractivity contribution in [3.8, 4) is 0 Å². The molecule has 4 heteroatoms.